The Bertz CT molecular complexity index is 201. The quantitative estimate of drug-likeness (QED) is 0.655. The topological polar surface area (TPSA) is 26.3 Å². The molecule has 2 nitrogen and oxygen atoms in total. The van der Waals surface area contributed by atoms with Crippen molar-refractivity contribution >= 4 is 5.78 Å². The fourth-order valence-corrected chi connectivity index (χ4v) is 2.27. The molecule has 0 heterocycles. The second kappa shape index (κ2) is 6.26. The zero-order valence-electron chi connectivity index (χ0n) is 10.3. The summed E-state index contributed by atoms with van der Waals surface area (Å²) in [5.74, 6) is 2.07. The molecular formula is C13H24O2. The average Bonchev–Trinajstić information content (AvgIpc) is 2.22. The van der Waals surface area contributed by atoms with E-state index in [1.165, 1.54) is 6.42 Å². The third-order valence-corrected chi connectivity index (χ3v) is 3.65. The third kappa shape index (κ3) is 3.94. The van der Waals surface area contributed by atoms with Crippen LogP contribution in [0.5, 0.6) is 0 Å². The number of carbonyl (C=O) groups is 1. The molecule has 0 aliphatic heterocycles. The summed E-state index contributed by atoms with van der Waals surface area (Å²) in [6.07, 6.45) is 4.33. The molecule has 0 amide bonds. The maximum Gasteiger partial charge on any atom is 0.161 e. The minimum Gasteiger partial charge on any atom is -0.374 e. The van der Waals surface area contributed by atoms with Crippen molar-refractivity contribution in [3.63, 3.8) is 0 Å². The summed E-state index contributed by atoms with van der Waals surface area (Å²) in [6, 6.07) is 0. The number of ketones is 1. The number of ether oxygens (including phenoxy) is 1. The molecule has 3 unspecified atom stereocenters. The summed E-state index contributed by atoms with van der Waals surface area (Å²) in [7, 11) is 0. The van der Waals surface area contributed by atoms with Crippen molar-refractivity contribution in [3.05, 3.63) is 0 Å². The molecule has 15 heavy (non-hydrogen) atoms. The maximum atomic E-state index is 11.8. The van der Waals surface area contributed by atoms with Gasteiger partial charge in [-0.1, -0.05) is 20.8 Å². The normalized spacial score (nSPS) is 31.5. The molecule has 0 saturated heterocycles. The zero-order valence-corrected chi connectivity index (χ0v) is 10.3. The van der Waals surface area contributed by atoms with Crippen molar-refractivity contribution in [1.82, 2.24) is 0 Å². The van der Waals surface area contributed by atoms with E-state index in [2.05, 4.69) is 20.8 Å². The van der Waals surface area contributed by atoms with E-state index in [9.17, 15) is 4.79 Å². The van der Waals surface area contributed by atoms with Gasteiger partial charge in [0.15, 0.2) is 5.78 Å². The van der Waals surface area contributed by atoms with Crippen LogP contribution in [0, 0.1) is 17.8 Å². The van der Waals surface area contributed by atoms with Crippen LogP contribution in [0.4, 0.5) is 0 Å². The Morgan fingerprint density at radius 1 is 1.27 bits per heavy atom. The second-order valence-corrected chi connectivity index (χ2v) is 4.98. The number of hydrogen-bond acceptors (Lipinski definition) is 2. The molecule has 2 heteroatoms. The molecule has 0 N–H and O–H groups in total. The summed E-state index contributed by atoms with van der Waals surface area (Å²) in [6.45, 7) is 7.66. The van der Waals surface area contributed by atoms with E-state index in [1.54, 1.807) is 0 Å². The molecule has 3 atom stereocenters. The smallest absolute Gasteiger partial charge is 0.161 e. The van der Waals surface area contributed by atoms with Gasteiger partial charge >= 0.3 is 0 Å². The molecule has 0 spiro atoms. The Morgan fingerprint density at radius 3 is 2.60 bits per heavy atom. The first-order chi connectivity index (χ1) is 7.15. The Labute approximate surface area is 93.4 Å². The fraction of sp³-hybridized carbons (Fsp3) is 0.923. The summed E-state index contributed by atoms with van der Waals surface area (Å²) in [5, 5.41) is 0. The van der Waals surface area contributed by atoms with Crippen LogP contribution >= 0.6 is 0 Å². The van der Waals surface area contributed by atoms with Crippen molar-refractivity contribution in [1.29, 1.82) is 0 Å². The minimum atomic E-state index is 0.271. The van der Waals surface area contributed by atoms with Crippen LogP contribution in [0.15, 0.2) is 0 Å². The number of hydrogen-bond donors (Lipinski definition) is 0. The molecule has 0 radical (unpaired) electrons. The van der Waals surface area contributed by atoms with Gasteiger partial charge in [0, 0.05) is 12.5 Å². The number of carbonyl (C=O) groups excluding carboxylic acids is 1. The molecule has 0 aromatic carbocycles. The minimum absolute atomic E-state index is 0.271. The Kier molecular flexibility index (Phi) is 5.30. The Balaban J connectivity index is 2.28. The lowest BCUT2D eigenvalue weighted by atomic mass is 9.74. The molecule has 0 aromatic rings. The SMILES string of the molecule is CCCOCC(=O)C1CCC(C)C(C)C1. The van der Waals surface area contributed by atoms with Crippen LogP contribution in [0.2, 0.25) is 0 Å². The van der Waals surface area contributed by atoms with Gasteiger partial charge in [0.2, 0.25) is 0 Å². The van der Waals surface area contributed by atoms with E-state index in [1.807, 2.05) is 0 Å². The van der Waals surface area contributed by atoms with E-state index < -0.39 is 0 Å². The zero-order chi connectivity index (χ0) is 11.3. The predicted molar refractivity (Wildman–Crippen MR) is 61.8 cm³/mol. The first-order valence-corrected chi connectivity index (χ1v) is 6.25. The second-order valence-electron chi connectivity index (χ2n) is 4.98. The summed E-state index contributed by atoms with van der Waals surface area (Å²) >= 11 is 0. The van der Waals surface area contributed by atoms with Gasteiger partial charge in [-0.25, -0.2) is 0 Å². The molecule has 1 rings (SSSR count). The molecule has 1 saturated carbocycles. The van der Waals surface area contributed by atoms with Gasteiger partial charge in [-0.05, 0) is 37.5 Å². The Hall–Kier alpha value is -0.370. The van der Waals surface area contributed by atoms with E-state index in [0.717, 1.165) is 25.2 Å². The maximum absolute atomic E-state index is 11.8. The molecule has 1 aliphatic rings. The van der Waals surface area contributed by atoms with E-state index in [0.29, 0.717) is 24.9 Å². The van der Waals surface area contributed by atoms with Crippen LogP contribution in [-0.2, 0) is 9.53 Å². The van der Waals surface area contributed by atoms with Crippen molar-refractivity contribution in [2.24, 2.45) is 17.8 Å². The van der Waals surface area contributed by atoms with Gasteiger partial charge in [0.05, 0.1) is 0 Å². The third-order valence-electron chi connectivity index (χ3n) is 3.65. The summed E-state index contributed by atoms with van der Waals surface area (Å²) < 4.78 is 5.31. The lowest BCUT2D eigenvalue weighted by Gasteiger charge is -2.31. The van der Waals surface area contributed by atoms with Crippen LogP contribution in [0.1, 0.15) is 46.5 Å². The van der Waals surface area contributed by atoms with Gasteiger partial charge in [0.25, 0.3) is 0 Å². The highest BCUT2D eigenvalue weighted by molar-refractivity contribution is 5.82. The van der Waals surface area contributed by atoms with E-state index >= 15 is 0 Å². The van der Waals surface area contributed by atoms with Gasteiger partial charge in [-0.2, -0.15) is 0 Å². The lowest BCUT2D eigenvalue weighted by Crippen LogP contribution is -2.28. The largest absolute Gasteiger partial charge is 0.374 e. The highest BCUT2D eigenvalue weighted by atomic mass is 16.5. The van der Waals surface area contributed by atoms with Crippen LogP contribution in [-0.4, -0.2) is 19.0 Å². The van der Waals surface area contributed by atoms with Gasteiger partial charge in [0.1, 0.15) is 6.61 Å². The van der Waals surface area contributed by atoms with Gasteiger partial charge in [-0.15, -0.1) is 0 Å². The number of Topliss-reactive ketones (excluding diaryl/α,β-unsaturated/α-hetero) is 1. The highest BCUT2D eigenvalue weighted by Gasteiger charge is 2.28. The lowest BCUT2D eigenvalue weighted by molar-refractivity contribution is -0.129. The van der Waals surface area contributed by atoms with Crippen LogP contribution in [0.25, 0.3) is 0 Å². The van der Waals surface area contributed by atoms with Crippen molar-refractivity contribution in [2.75, 3.05) is 13.2 Å². The molecule has 88 valence electrons. The average molecular weight is 212 g/mol. The van der Waals surface area contributed by atoms with Crippen LogP contribution < -0.4 is 0 Å². The van der Waals surface area contributed by atoms with Crippen LogP contribution in [0.3, 0.4) is 0 Å². The van der Waals surface area contributed by atoms with Crippen molar-refractivity contribution in [2.45, 2.75) is 46.5 Å². The number of rotatable bonds is 5. The first-order valence-electron chi connectivity index (χ1n) is 6.25. The van der Waals surface area contributed by atoms with E-state index in [-0.39, 0.29) is 5.92 Å². The fourth-order valence-electron chi connectivity index (χ4n) is 2.27. The molecule has 1 aliphatic carbocycles. The summed E-state index contributed by atoms with van der Waals surface area (Å²) in [4.78, 5) is 11.8. The van der Waals surface area contributed by atoms with Crippen molar-refractivity contribution < 1.29 is 9.53 Å². The molecule has 0 aromatic heterocycles. The van der Waals surface area contributed by atoms with Gasteiger partial charge < -0.3 is 4.74 Å². The Morgan fingerprint density at radius 2 is 2.00 bits per heavy atom. The molecule has 0 bridgehead atoms. The predicted octanol–water partition coefficient (Wildman–Crippen LogP) is 3.05. The van der Waals surface area contributed by atoms with E-state index in [4.69, 9.17) is 4.74 Å². The standard InChI is InChI=1S/C13H24O2/c1-4-7-15-9-13(14)12-6-5-10(2)11(3)8-12/h10-12H,4-9H2,1-3H3. The summed E-state index contributed by atoms with van der Waals surface area (Å²) in [5.41, 5.74) is 0. The monoisotopic (exact) mass is 212 g/mol. The van der Waals surface area contributed by atoms with Crippen molar-refractivity contribution in [3.8, 4) is 0 Å². The molecule has 1 fully saturated rings. The highest BCUT2D eigenvalue weighted by Crippen LogP contribution is 2.33. The van der Waals surface area contributed by atoms with Gasteiger partial charge in [-0.3, -0.25) is 4.79 Å². The molecular weight excluding hydrogens is 188 g/mol. The first kappa shape index (κ1) is 12.7.